The lowest BCUT2D eigenvalue weighted by molar-refractivity contribution is 0.0938. The minimum atomic E-state index is -0.822. The van der Waals surface area contributed by atoms with E-state index in [9.17, 15) is 13.6 Å². The van der Waals surface area contributed by atoms with Crippen molar-refractivity contribution in [1.29, 1.82) is 0 Å². The van der Waals surface area contributed by atoms with Crippen LogP contribution in [0.15, 0.2) is 55.0 Å². The lowest BCUT2D eigenvalue weighted by Crippen LogP contribution is -2.28. The van der Waals surface area contributed by atoms with Crippen molar-refractivity contribution in [3.8, 4) is 22.5 Å². The van der Waals surface area contributed by atoms with E-state index in [1.165, 1.54) is 0 Å². The quantitative estimate of drug-likeness (QED) is 0.513. The van der Waals surface area contributed by atoms with E-state index in [0.717, 1.165) is 29.0 Å². The second-order valence-electron chi connectivity index (χ2n) is 7.48. The number of aryl methyl sites for hydroxylation is 2. The van der Waals surface area contributed by atoms with Crippen LogP contribution in [0.2, 0.25) is 0 Å². The van der Waals surface area contributed by atoms with Gasteiger partial charge in [0.05, 0.1) is 35.5 Å². The number of hydrogen-bond acceptors (Lipinski definition) is 5. The van der Waals surface area contributed by atoms with Crippen LogP contribution in [0, 0.1) is 18.6 Å². The number of benzene rings is 1. The molecule has 1 unspecified atom stereocenters. The van der Waals surface area contributed by atoms with Crippen LogP contribution in [0.4, 0.5) is 8.78 Å². The molecule has 1 atom stereocenters. The fourth-order valence-corrected chi connectivity index (χ4v) is 3.34. The molecule has 4 aromatic rings. The highest BCUT2D eigenvalue weighted by Gasteiger charge is 2.19. The monoisotopic (exact) mass is 434 g/mol. The predicted molar refractivity (Wildman–Crippen MR) is 114 cm³/mol. The zero-order chi connectivity index (χ0) is 22.8. The van der Waals surface area contributed by atoms with Crippen molar-refractivity contribution in [3.05, 3.63) is 83.4 Å². The Labute approximate surface area is 183 Å². The van der Waals surface area contributed by atoms with Gasteiger partial charge in [-0.25, -0.2) is 13.5 Å². The maximum Gasteiger partial charge on any atom is 0.251 e. The van der Waals surface area contributed by atoms with Crippen LogP contribution in [0.25, 0.3) is 22.5 Å². The van der Waals surface area contributed by atoms with Crippen LogP contribution in [0.1, 0.15) is 34.6 Å². The van der Waals surface area contributed by atoms with Crippen molar-refractivity contribution in [2.75, 3.05) is 0 Å². The molecule has 162 valence electrons. The summed E-state index contributed by atoms with van der Waals surface area (Å²) in [6.07, 6.45) is 4.26. The molecule has 1 aromatic carbocycles. The van der Waals surface area contributed by atoms with E-state index in [4.69, 9.17) is 0 Å². The van der Waals surface area contributed by atoms with E-state index in [0.29, 0.717) is 17.0 Å². The Hall–Kier alpha value is -4.01. The molecule has 0 bridgehead atoms. The Morgan fingerprint density at radius 2 is 1.81 bits per heavy atom. The van der Waals surface area contributed by atoms with Gasteiger partial charge in [-0.05, 0) is 43.7 Å². The Bertz CT molecular complexity index is 1290. The zero-order valence-electron chi connectivity index (χ0n) is 17.7. The third-order valence-electron chi connectivity index (χ3n) is 5.01. The second kappa shape index (κ2) is 8.62. The van der Waals surface area contributed by atoms with Crippen LogP contribution >= 0.6 is 0 Å². The Kier molecular flexibility index (Phi) is 5.72. The van der Waals surface area contributed by atoms with Gasteiger partial charge in [0.25, 0.3) is 5.91 Å². The van der Waals surface area contributed by atoms with Gasteiger partial charge in [-0.1, -0.05) is 11.3 Å². The molecular formula is C23H20F2N6O. The molecule has 9 heteroatoms. The SMILES string of the molecule is Cc1ccc(-c2cc(C(=O)NC(C)c3ncc(F)cc3F)cc(-c3cnnn3C)c2)nc1. The van der Waals surface area contributed by atoms with E-state index in [-0.39, 0.29) is 5.69 Å². The summed E-state index contributed by atoms with van der Waals surface area (Å²) in [5, 5.41) is 10.6. The molecule has 7 nitrogen and oxygen atoms in total. The molecule has 0 aliphatic rings. The summed E-state index contributed by atoms with van der Waals surface area (Å²) in [4.78, 5) is 21.3. The Morgan fingerprint density at radius 3 is 2.47 bits per heavy atom. The number of carbonyl (C=O) groups excluding carboxylic acids is 1. The molecule has 0 saturated carbocycles. The van der Waals surface area contributed by atoms with Gasteiger partial charge in [-0.15, -0.1) is 5.10 Å². The van der Waals surface area contributed by atoms with E-state index in [2.05, 4.69) is 25.6 Å². The van der Waals surface area contributed by atoms with Gasteiger partial charge >= 0.3 is 0 Å². The summed E-state index contributed by atoms with van der Waals surface area (Å²) >= 11 is 0. The predicted octanol–water partition coefficient (Wildman–Crippen LogP) is 4.02. The van der Waals surface area contributed by atoms with Gasteiger partial charge in [0.2, 0.25) is 0 Å². The summed E-state index contributed by atoms with van der Waals surface area (Å²) in [6.45, 7) is 3.52. The molecule has 0 saturated heterocycles. The normalized spacial score (nSPS) is 11.9. The number of aromatic nitrogens is 5. The van der Waals surface area contributed by atoms with Gasteiger partial charge in [-0.2, -0.15) is 0 Å². The molecule has 1 amide bonds. The molecule has 4 rings (SSSR count). The van der Waals surface area contributed by atoms with Crippen molar-refractivity contribution in [2.45, 2.75) is 19.9 Å². The number of rotatable bonds is 5. The molecule has 32 heavy (non-hydrogen) atoms. The lowest BCUT2D eigenvalue weighted by atomic mass is 10.00. The fourth-order valence-electron chi connectivity index (χ4n) is 3.34. The van der Waals surface area contributed by atoms with Crippen LogP contribution in [0.5, 0.6) is 0 Å². The van der Waals surface area contributed by atoms with Gasteiger partial charge in [0, 0.05) is 36.0 Å². The maximum atomic E-state index is 14.1. The molecule has 3 aromatic heterocycles. The first-order valence-electron chi connectivity index (χ1n) is 9.87. The maximum absolute atomic E-state index is 14.1. The molecule has 3 heterocycles. The van der Waals surface area contributed by atoms with Crippen LogP contribution < -0.4 is 5.32 Å². The minimum Gasteiger partial charge on any atom is -0.344 e. The number of amides is 1. The van der Waals surface area contributed by atoms with E-state index >= 15 is 0 Å². The van der Waals surface area contributed by atoms with Gasteiger partial charge in [0.15, 0.2) is 0 Å². The van der Waals surface area contributed by atoms with Crippen molar-refractivity contribution in [3.63, 3.8) is 0 Å². The van der Waals surface area contributed by atoms with Crippen molar-refractivity contribution >= 4 is 5.91 Å². The Morgan fingerprint density at radius 1 is 1.03 bits per heavy atom. The molecular weight excluding hydrogens is 414 g/mol. The van der Waals surface area contributed by atoms with E-state index < -0.39 is 23.6 Å². The van der Waals surface area contributed by atoms with Crippen LogP contribution in [-0.2, 0) is 7.05 Å². The topological polar surface area (TPSA) is 85.6 Å². The first-order valence-corrected chi connectivity index (χ1v) is 9.87. The lowest BCUT2D eigenvalue weighted by Gasteiger charge is -2.15. The first kappa shape index (κ1) is 21.2. The minimum absolute atomic E-state index is 0.0489. The fraction of sp³-hybridized carbons (Fsp3) is 0.174. The molecule has 0 aliphatic heterocycles. The van der Waals surface area contributed by atoms with Crippen LogP contribution in [0.3, 0.4) is 0 Å². The summed E-state index contributed by atoms with van der Waals surface area (Å²) < 4.78 is 28.9. The number of carbonyl (C=O) groups is 1. The highest BCUT2D eigenvalue weighted by atomic mass is 19.1. The molecule has 0 fully saturated rings. The first-order chi connectivity index (χ1) is 15.3. The Balaban J connectivity index is 1.72. The highest BCUT2D eigenvalue weighted by molar-refractivity contribution is 5.97. The van der Waals surface area contributed by atoms with Crippen molar-refractivity contribution < 1.29 is 13.6 Å². The zero-order valence-corrected chi connectivity index (χ0v) is 17.7. The summed E-state index contributed by atoms with van der Waals surface area (Å²) in [6, 6.07) is 9.09. The summed E-state index contributed by atoms with van der Waals surface area (Å²) in [7, 11) is 1.75. The smallest absolute Gasteiger partial charge is 0.251 e. The number of halogens is 2. The number of nitrogens with zero attached hydrogens (tertiary/aromatic N) is 5. The van der Waals surface area contributed by atoms with Crippen molar-refractivity contribution in [2.24, 2.45) is 7.05 Å². The average molecular weight is 434 g/mol. The molecule has 1 N–H and O–H groups in total. The number of hydrogen-bond donors (Lipinski definition) is 1. The van der Waals surface area contributed by atoms with Crippen LogP contribution in [-0.4, -0.2) is 30.9 Å². The highest BCUT2D eigenvalue weighted by Crippen LogP contribution is 2.27. The molecule has 0 spiro atoms. The average Bonchev–Trinajstić information content (AvgIpc) is 3.19. The van der Waals surface area contributed by atoms with E-state index in [1.54, 1.807) is 43.2 Å². The number of pyridine rings is 2. The largest absolute Gasteiger partial charge is 0.344 e. The standard InChI is InChI=1S/C23H20F2N6O/c1-13-4-5-20(26-10-13)15-6-16(21-12-28-30-31(21)3)8-17(7-15)23(32)29-14(2)22-19(25)9-18(24)11-27-22/h4-12,14H,1-3H3,(H,29,32). The molecule has 0 aliphatic carbocycles. The summed E-state index contributed by atoms with van der Waals surface area (Å²) in [5.41, 5.74) is 4.17. The third kappa shape index (κ3) is 4.36. The third-order valence-corrected chi connectivity index (χ3v) is 5.01. The second-order valence-corrected chi connectivity index (χ2v) is 7.48. The summed E-state index contributed by atoms with van der Waals surface area (Å²) in [5.74, 6) is -2.04. The number of nitrogens with one attached hydrogen (secondary N) is 1. The van der Waals surface area contributed by atoms with Crippen molar-refractivity contribution in [1.82, 2.24) is 30.3 Å². The van der Waals surface area contributed by atoms with E-state index in [1.807, 2.05) is 25.1 Å². The van der Waals surface area contributed by atoms with Gasteiger partial charge in [0.1, 0.15) is 11.6 Å². The van der Waals surface area contributed by atoms with Gasteiger partial charge < -0.3 is 5.32 Å². The van der Waals surface area contributed by atoms with Gasteiger partial charge in [-0.3, -0.25) is 14.8 Å². The molecule has 0 radical (unpaired) electrons.